The summed E-state index contributed by atoms with van der Waals surface area (Å²) >= 11 is 0. The van der Waals surface area contributed by atoms with Crippen LogP contribution in [-0.2, 0) is 11.3 Å². The van der Waals surface area contributed by atoms with Crippen LogP contribution in [0, 0.1) is 6.92 Å². The van der Waals surface area contributed by atoms with Crippen molar-refractivity contribution in [1.82, 2.24) is 24.5 Å². The highest BCUT2D eigenvalue weighted by molar-refractivity contribution is 7.59. The molecule has 3 rings (SSSR count). The Labute approximate surface area is 175 Å². The Kier molecular flexibility index (Phi) is 8.20. The van der Waals surface area contributed by atoms with Gasteiger partial charge in [-0.1, -0.05) is 31.4 Å². The van der Waals surface area contributed by atoms with Gasteiger partial charge in [0.15, 0.2) is 0 Å². The van der Waals surface area contributed by atoms with E-state index in [2.05, 4.69) is 22.2 Å². The number of aliphatic hydroxyl groups excluding tert-OH is 2. The first-order chi connectivity index (χ1) is 13.4. The lowest BCUT2D eigenvalue weighted by molar-refractivity contribution is -0.0302. The molecule has 3 heterocycles. The summed E-state index contributed by atoms with van der Waals surface area (Å²) in [5.74, 6) is 0. The first-order valence-electron chi connectivity index (χ1n) is 9.62. The smallest absolute Gasteiger partial charge is 0.330 e. The van der Waals surface area contributed by atoms with Gasteiger partial charge < -0.3 is 14.9 Å². The summed E-state index contributed by atoms with van der Waals surface area (Å²) in [6, 6.07) is 0. The van der Waals surface area contributed by atoms with Crippen LogP contribution in [0.25, 0.3) is 0 Å². The second kappa shape index (κ2) is 10.2. The van der Waals surface area contributed by atoms with Gasteiger partial charge in [0.2, 0.25) is 0 Å². The molecule has 1 saturated heterocycles. The summed E-state index contributed by atoms with van der Waals surface area (Å²) in [5, 5.41) is 28.5. The molecule has 0 bridgehead atoms. The van der Waals surface area contributed by atoms with Crippen molar-refractivity contribution in [2.75, 3.05) is 0 Å². The number of ether oxygens (including phenoxy) is 1. The van der Waals surface area contributed by atoms with Gasteiger partial charge in [-0.15, -0.1) is 5.10 Å². The number of rotatable bonds is 8. The van der Waals surface area contributed by atoms with Crippen molar-refractivity contribution >= 4 is 13.5 Å². The van der Waals surface area contributed by atoms with Crippen molar-refractivity contribution in [3.63, 3.8) is 0 Å². The maximum Gasteiger partial charge on any atom is 0.330 e. The highest BCUT2D eigenvalue weighted by Gasteiger charge is 2.36. The molecule has 0 saturated carbocycles. The van der Waals surface area contributed by atoms with Gasteiger partial charge in [-0.25, -0.2) is 9.48 Å². The number of nitrogens with zero attached hydrogens (tertiary/aromatic N) is 4. The molecule has 0 radical (unpaired) electrons. The molecule has 2 aromatic rings. The Bertz CT molecular complexity index is 911. The van der Waals surface area contributed by atoms with E-state index in [4.69, 9.17) is 4.74 Å². The van der Waals surface area contributed by atoms with Crippen molar-refractivity contribution in [3.8, 4) is 0 Å². The molecule has 0 aromatic carbocycles. The van der Waals surface area contributed by atoms with Crippen molar-refractivity contribution in [3.05, 3.63) is 44.5 Å². The van der Waals surface area contributed by atoms with Crippen molar-refractivity contribution in [2.45, 2.75) is 77.0 Å². The van der Waals surface area contributed by atoms with Crippen LogP contribution < -0.4 is 11.2 Å². The van der Waals surface area contributed by atoms with Gasteiger partial charge in [0.1, 0.15) is 18.0 Å². The molecule has 1 aliphatic rings. The molecule has 2 aromatic heterocycles. The number of hydrogen-bond acceptors (Lipinski definition) is 7. The summed E-state index contributed by atoms with van der Waals surface area (Å²) in [4.78, 5) is 25.8. The zero-order chi connectivity index (χ0) is 20.3. The monoisotopic (exact) mass is 427 g/mol. The van der Waals surface area contributed by atoms with Crippen LogP contribution in [0.15, 0.2) is 22.0 Å². The fraction of sp³-hybridized carbons (Fsp3) is 0.667. The predicted molar refractivity (Wildman–Crippen MR) is 110 cm³/mol. The minimum absolute atomic E-state index is 0. The first kappa shape index (κ1) is 23.3. The minimum atomic E-state index is -0.800. The van der Waals surface area contributed by atoms with E-state index in [-0.39, 0.29) is 26.5 Å². The normalized spacial score (nSPS) is 22.4. The van der Waals surface area contributed by atoms with Gasteiger partial charge in [0.25, 0.3) is 5.56 Å². The summed E-state index contributed by atoms with van der Waals surface area (Å²) in [6.07, 6.45) is 4.26. The average Bonchev–Trinajstić information content (AvgIpc) is 3.26. The minimum Gasteiger partial charge on any atom is -0.390 e. The fourth-order valence-corrected chi connectivity index (χ4v) is 3.33. The average molecular weight is 428 g/mol. The van der Waals surface area contributed by atoms with E-state index in [9.17, 15) is 19.8 Å². The maximum absolute atomic E-state index is 12.0. The van der Waals surface area contributed by atoms with E-state index in [0.29, 0.717) is 17.7 Å². The summed E-state index contributed by atoms with van der Waals surface area (Å²) in [5.41, 5.74) is -0.137. The molecule has 1 aliphatic heterocycles. The number of nitrogens with one attached hydrogen (secondary N) is 1. The highest BCUT2D eigenvalue weighted by atomic mass is 32.1. The van der Waals surface area contributed by atoms with Crippen LogP contribution in [0.2, 0.25) is 0 Å². The number of hydrogen-bond donors (Lipinski definition) is 3. The van der Waals surface area contributed by atoms with Gasteiger partial charge in [-0.3, -0.25) is 14.3 Å². The third-order valence-corrected chi connectivity index (χ3v) is 5.01. The van der Waals surface area contributed by atoms with Crippen LogP contribution in [0.5, 0.6) is 0 Å². The molecule has 0 amide bonds. The molecule has 11 heteroatoms. The molecule has 162 valence electrons. The lowest BCUT2D eigenvalue weighted by atomic mass is 10.1. The molecule has 10 nitrogen and oxygen atoms in total. The van der Waals surface area contributed by atoms with Gasteiger partial charge >= 0.3 is 5.69 Å². The lowest BCUT2D eigenvalue weighted by Gasteiger charge is -2.16. The van der Waals surface area contributed by atoms with Gasteiger partial charge in [0, 0.05) is 18.2 Å². The molecule has 3 N–H and O–H groups in total. The number of unbranched alkanes of at least 4 members (excludes halogenated alkanes) is 2. The first-order valence-corrected chi connectivity index (χ1v) is 9.62. The molecule has 1 unspecified atom stereocenters. The van der Waals surface area contributed by atoms with Gasteiger partial charge in [0.05, 0.1) is 24.9 Å². The molecular weight excluding hydrogens is 398 g/mol. The maximum atomic E-state index is 12.0. The lowest BCUT2D eigenvalue weighted by Crippen LogP contribution is -2.33. The molecule has 4 atom stereocenters. The van der Waals surface area contributed by atoms with E-state index in [1.54, 1.807) is 13.1 Å². The quantitative estimate of drug-likeness (QED) is 0.522. The third kappa shape index (κ3) is 5.56. The predicted octanol–water partition coefficient (Wildman–Crippen LogP) is 0.512. The SMILES string of the molecule is CCCCC[C@H](O)c1cn(C[C@H]2O[C@@H](n3cc(C)c(=O)[nH]c3=O)CC2O)nn1.S. The number of aryl methyl sites for hydroxylation is 1. The summed E-state index contributed by atoms with van der Waals surface area (Å²) in [7, 11) is 0. The largest absolute Gasteiger partial charge is 0.390 e. The van der Waals surface area contributed by atoms with Crippen molar-refractivity contribution in [2.24, 2.45) is 0 Å². The van der Waals surface area contributed by atoms with Crippen LogP contribution in [0.1, 0.15) is 62.6 Å². The van der Waals surface area contributed by atoms with E-state index < -0.39 is 35.8 Å². The standard InChI is InChI=1S/C18H27N5O5.H2S/c1-3-4-5-6-13(24)12-9-22(21-20-12)10-15-14(25)7-16(28-15)23-8-11(2)17(26)19-18(23)27;/h8-9,13-16,24-25H,3-7,10H2,1-2H3,(H,19,26,27);1H2/t13-,14?,15+,16+;/m0./s1. The van der Waals surface area contributed by atoms with Gasteiger partial charge in [-0.2, -0.15) is 13.5 Å². The Morgan fingerprint density at radius 2 is 2.10 bits per heavy atom. The van der Waals surface area contributed by atoms with Crippen molar-refractivity contribution in [1.29, 1.82) is 0 Å². The van der Waals surface area contributed by atoms with E-state index >= 15 is 0 Å². The van der Waals surface area contributed by atoms with Gasteiger partial charge in [-0.05, 0) is 13.3 Å². The van der Waals surface area contributed by atoms with E-state index in [0.717, 1.165) is 19.3 Å². The van der Waals surface area contributed by atoms with Crippen LogP contribution in [-0.4, -0.2) is 47.0 Å². The second-order valence-electron chi connectivity index (χ2n) is 7.29. The molecular formula is C18H29N5O5S. The van der Waals surface area contributed by atoms with E-state index in [1.165, 1.54) is 15.4 Å². The summed E-state index contributed by atoms with van der Waals surface area (Å²) in [6.45, 7) is 3.94. The Morgan fingerprint density at radius 1 is 1.34 bits per heavy atom. The number of aromatic nitrogens is 5. The number of aliphatic hydroxyl groups is 2. The molecule has 29 heavy (non-hydrogen) atoms. The Morgan fingerprint density at radius 3 is 2.83 bits per heavy atom. The second-order valence-corrected chi connectivity index (χ2v) is 7.29. The zero-order valence-corrected chi connectivity index (χ0v) is 17.6. The highest BCUT2D eigenvalue weighted by Crippen LogP contribution is 2.28. The van der Waals surface area contributed by atoms with Crippen molar-refractivity contribution < 1.29 is 14.9 Å². The Hall–Kier alpha value is -1.95. The van der Waals surface area contributed by atoms with E-state index in [1.807, 2.05) is 0 Å². The zero-order valence-electron chi connectivity index (χ0n) is 16.6. The molecule has 0 aliphatic carbocycles. The van der Waals surface area contributed by atoms with Crippen LogP contribution >= 0.6 is 13.5 Å². The van der Waals surface area contributed by atoms with Crippen LogP contribution in [0.4, 0.5) is 0 Å². The third-order valence-electron chi connectivity index (χ3n) is 5.01. The fourth-order valence-electron chi connectivity index (χ4n) is 3.33. The number of H-pyrrole nitrogens is 1. The summed E-state index contributed by atoms with van der Waals surface area (Å²) < 4.78 is 8.63. The number of aromatic amines is 1. The van der Waals surface area contributed by atoms with Crippen LogP contribution in [0.3, 0.4) is 0 Å². The molecule has 1 fully saturated rings. The Balaban J connectivity index is 0.00000300. The molecule has 0 spiro atoms. The topological polar surface area (TPSA) is 135 Å².